The fourth-order valence-corrected chi connectivity index (χ4v) is 2.04. The molecule has 0 bridgehead atoms. The van der Waals surface area contributed by atoms with E-state index in [4.69, 9.17) is 5.11 Å². The maximum Gasteiger partial charge on any atom is 0.337 e. The number of hydrogen-bond acceptors (Lipinski definition) is 4. The van der Waals surface area contributed by atoms with E-state index < -0.39 is 5.97 Å². The molecule has 0 radical (unpaired) electrons. The summed E-state index contributed by atoms with van der Waals surface area (Å²) >= 11 is 0. The van der Waals surface area contributed by atoms with Crippen LogP contribution in [-0.4, -0.2) is 32.2 Å². The lowest BCUT2D eigenvalue weighted by Gasteiger charge is -2.08. The molecule has 0 spiro atoms. The number of aryl methyl sites for hydroxylation is 1. The maximum atomic E-state index is 11.2. The van der Waals surface area contributed by atoms with E-state index in [0.29, 0.717) is 23.4 Å². The second-order valence-corrected chi connectivity index (χ2v) is 4.41. The second-order valence-electron chi connectivity index (χ2n) is 4.41. The Morgan fingerprint density at radius 3 is 2.90 bits per heavy atom. The molecule has 2 aromatic heterocycles. The smallest absolute Gasteiger partial charge is 0.337 e. The minimum Gasteiger partial charge on any atom is -0.478 e. The lowest BCUT2D eigenvalue weighted by atomic mass is 10.2. The first-order chi connectivity index (χ1) is 10.1. The summed E-state index contributed by atoms with van der Waals surface area (Å²) in [5.41, 5.74) is 2.43. The second kappa shape index (κ2) is 6.04. The van der Waals surface area contributed by atoms with Crippen molar-refractivity contribution in [3.8, 4) is 0 Å². The average molecular weight is 284 g/mol. The lowest BCUT2D eigenvalue weighted by molar-refractivity contribution is 0.0696. The number of carboxylic acids is 1. The summed E-state index contributed by atoms with van der Waals surface area (Å²) in [4.78, 5) is 15.4. The highest BCUT2D eigenvalue weighted by Crippen LogP contribution is 2.22. The van der Waals surface area contributed by atoms with Crippen LogP contribution < -0.4 is 5.32 Å². The van der Waals surface area contributed by atoms with Crippen LogP contribution in [0.15, 0.2) is 49.5 Å². The van der Waals surface area contributed by atoms with E-state index in [1.165, 1.54) is 17.0 Å². The van der Waals surface area contributed by atoms with E-state index in [1.807, 2.05) is 6.08 Å². The van der Waals surface area contributed by atoms with Crippen LogP contribution in [0.4, 0.5) is 5.82 Å². The van der Waals surface area contributed by atoms with Crippen LogP contribution in [0, 0.1) is 6.92 Å². The number of nitrogens with one attached hydrogen (secondary N) is 1. The largest absolute Gasteiger partial charge is 0.478 e. The summed E-state index contributed by atoms with van der Waals surface area (Å²) in [7, 11) is 0. The molecule has 0 aromatic carbocycles. The van der Waals surface area contributed by atoms with Crippen molar-refractivity contribution in [3.63, 3.8) is 0 Å². The molecule has 0 aliphatic rings. The molecular weight excluding hydrogens is 268 g/mol. The zero-order chi connectivity index (χ0) is 15.4. The fourth-order valence-electron chi connectivity index (χ4n) is 2.04. The van der Waals surface area contributed by atoms with Crippen molar-refractivity contribution in [1.29, 1.82) is 0 Å². The van der Waals surface area contributed by atoms with E-state index in [1.54, 1.807) is 19.1 Å². The highest BCUT2D eigenvalue weighted by atomic mass is 16.4. The zero-order valence-electron chi connectivity index (χ0n) is 11.7. The maximum absolute atomic E-state index is 11.2. The molecule has 0 saturated carbocycles. The van der Waals surface area contributed by atoms with Crippen molar-refractivity contribution in [3.05, 3.63) is 60.6 Å². The third-order valence-corrected chi connectivity index (χ3v) is 3.11. The summed E-state index contributed by atoms with van der Waals surface area (Å²) < 4.78 is 1.51. The van der Waals surface area contributed by atoms with Gasteiger partial charge in [0.25, 0.3) is 0 Å². The third kappa shape index (κ3) is 2.84. The minimum absolute atomic E-state index is 0.212. The van der Waals surface area contributed by atoms with Gasteiger partial charge in [-0.1, -0.05) is 31.4 Å². The van der Waals surface area contributed by atoms with Gasteiger partial charge in [0.15, 0.2) is 5.82 Å². The Labute approximate surface area is 122 Å². The average Bonchev–Trinajstić information content (AvgIpc) is 2.81. The molecular formula is C15H16N4O2. The predicted molar refractivity (Wildman–Crippen MR) is 81.7 cm³/mol. The van der Waals surface area contributed by atoms with E-state index in [-0.39, 0.29) is 5.56 Å². The van der Waals surface area contributed by atoms with Crippen LogP contribution in [-0.2, 0) is 0 Å². The van der Waals surface area contributed by atoms with Gasteiger partial charge in [0.05, 0.1) is 5.56 Å². The molecule has 0 amide bonds. The summed E-state index contributed by atoms with van der Waals surface area (Å²) in [5, 5.41) is 16.4. The van der Waals surface area contributed by atoms with Gasteiger partial charge in [-0.15, -0.1) is 0 Å². The number of aromatic nitrogens is 3. The SMILES string of the molecule is C=C/C=C(\C=C)CNc1ncnn2cc(C(=O)O)c(C)c12. The van der Waals surface area contributed by atoms with Crippen molar-refractivity contribution in [1.82, 2.24) is 14.6 Å². The van der Waals surface area contributed by atoms with Gasteiger partial charge >= 0.3 is 5.97 Å². The molecule has 2 N–H and O–H groups in total. The summed E-state index contributed by atoms with van der Waals surface area (Å²) in [5.74, 6) is -0.408. The number of hydrogen-bond donors (Lipinski definition) is 2. The monoisotopic (exact) mass is 284 g/mol. The number of carbonyl (C=O) groups is 1. The van der Waals surface area contributed by atoms with E-state index in [9.17, 15) is 4.79 Å². The molecule has 0 atom stereocenters. The molecule has 21 heavy (non-hydrogen) atoms. The van der Waals surface area contributed by atoms with Gasteiger partial charge in [0.2, 0.25) is 0 Å². The molecule has 0 saturated heterocycles. The van der Waals surface area contributed by atoms with Crippen molar-refractivity contribution < 1.29 is 9.90 Å². The zero-order valence-corrected chi connectivity index (χ0v) is 11.7. The first-order valence-corrected chi connectivity index (χ1v) is 6.32. The molecule has 0 aliphatic carbocycles. The molecule has 108 valence electrons. The Hall–Kier alpha value is -2.89. The van der Waals surface area contributed by atoms with Crippen molar-refractivity contribution >= 4 is 17.3 Å². The summed E-state index contributed by atoms with van der Waals surface area (Å²) in [6.45, 7) is 9.62. The van der Waals surface area contributed by atoms with E-state index >= 15 is 0 Å². The van der Waals surface area contributed by atoms with Gasteiger partial charge in [-0.25, -0.2) is 14.3 Å². The molecule has 0 unspecified atom stereocenters. The van der Waals surface area contributed by atoms with Crippen molar-refractivity contribution in [2.75, 3.05) is 11.9 Å². The molecule has 0 aliphatic heterocycles. The molecule has 0 fully saturated rings. The Bertz CT molecular complexity index is 743. The van der Waals surface area contributed by atoms with Gasteiger partial charge < -0.3 is 10.4 Å². The van der Waals surface area contributed by atoms with Crippen LogP contribution >= 0.6 is 0 Å². The Morgan fingerprint density at radius 1 is 1.52 bits per heavy atom. The van der Waals surface area contributed by atoms with Crippen molar-refractivity contribution in [2.24, 2.45) is 0 Å². The van der Waals surface area contributed by atoms with E-state index in [0.717, 1.165) is 5.57 Å². The first-order valence-electron chi connectivity index (χ1n) is 6.32. The molecule has 6 heteroatoms. The van der Waals surface area contributed by atoms with Crippen LogP contribution in [0.1, 0.15) is 15.9 Å². The number of fused-ring (bicyclic) bond motifs is 1. The quantitative estimate of drug-likeness (QED) is 0.796. The molecule has 2 rings (SSSR count). The topological polar surface area (TPSA) is 79.5 Å². The highest BCUT2D eigenvalue weighted by Gasteiger charge is 2.16. The number of aromatic carboxylic acids is 1. The normalized spacial score (nSPS) is 11.4. The Kier molecular flexibility index (Phi) is 4.18. The lowest BCUT2D eigenvalue weighted by Crippen LogP contribution is -2.07. The number of nitrogens with zero attached hydrogens (tertiary/aromatic N) is 3. The van der Waals surface area contributed by atoms with Crippen LogP contribution in [0.25, 0.3) is 5.52 Å². The predicted octanol–water partition coefficient (Wildman–Crippen LogP) is 2.45. The van der Waals surface area contributed by atoms with Gasteiger partial charge in [0, 0.05) is 12.7 Å². The summed E-state index contributed by atoms with van der Waals surface area (Å²) in [6.07, 6.45) is 8.10. The molecule has 6 nitrogen and oxygen atoms in total. The number of carboxylic acid groups (broad SMARTS) is 1. The van der Waals surface area contributed by atoms with Crippen LogP contribution in [0.2, 0.25) is 0 Å². The number of anilines is 1. The highest BCUT2D eigenvalue weighted by molar-refractivity contribution is 5.93. The van der Waals surface area contributed by atoms with Gasteiger partial charge in [-0.05, 0) is 18.1 Å². The van der Waals surface area contributed by atoms with Gasteiger partial charge in [-0.2, -0.15) is 5.10 Å². The third-order valence-electron chi connectivity index (χ3n) is 3.11. The Morgan fingerprint density at radius 2 is 2.29 bits per heavy atom. The first kappa shape index (κ1) is 14.5. The standard InChI is InChI=1S/C15H16N4O2/c1-4-6-11(5-2)7-16-14-13-10(3)12(15(20)21)8-19(13)18-9-17-14/h4-6,8-9H,1-2,7H2,3H3,(H,20,21)(H,16,17,18)/b11-6+. The number of allylic oxidation sites excluding steroid dienone is 2. The molecule has 2 aromatic rings. The summed E-state index contributed by atoms with van der Waals surface area (Å²) in [6, 6.07) is 0. The Balaban J connectivity index is 2.40. The minimum atomic E-state index is -0.984. The molecule has 2 heterocycles. The fraction of sp³-hybridized carbons (Fsp3) is 0.133. The number of rotatable bonds is 6. The van der Waals surface area contributed by atoms with Gasteiger partial charge in [0.1, 0.15) is 11.8 Å². The van der Waals surface area contributed by atoms with Crippen molar-refractivity contribution in [2.45, 2.75) is 6.92 Å². The van der Waals surface area contributed by atoms with E-state index in [2.05, 4.69) is 28.6 Å². The van der Waals surface area contributed by atoms with Crippen LogP contribution in [0.3, 0.4) is 0 Å². The van der Waals surface area contributed by atoms with Crippen LogP contribution in [0.5, 0.6) is 0 Å². The van der Waals surface area contributed by atoms with Gasteiger partial charge in [-0.3, -0.25) is 0 Å².